The minimum atomic E-state index is 0.455. The molecule has 5 heteroatoms. The summed E-state index contributed by atoms with van der Waals surface area (Å²) in [5.41, 5.74) is 3.16. The molecule has 2 aromatic heterocycles. The number of anilines is 1. The quantitative estimate of drug-likeness (QED) is 0.717. The van der Waals surface area contributed by atoms with Crippen LogP contribution in [0.1, 0.15) is 11.3 Å². The standard InChI is InChI=1S/C14H13ClN4/c1-9-6-13(15)19-14(18-9)17-8-10-2-3-12-11(7-10)4-5-16-12/h2-7,16H,8H2,1H3,(H,17,18,19). The van der Waals surface area contributed by atoms with Crippen LogP contribution < -0.4 is 5.32 Å². The third-order valence-electron chi connectivity index (χ3n) is 2.89. The van der Waals surface area contributed by atoms with Crippen LogP contribution in [0.15, 0.2) is 36.5 Å². The van der Waals surface area contributed by atoms with E-state index in [2.05, 4.69) is 44.5 Å². The van der Waals surface area contributed by atoms with Gasteiger partial charge >= 0.3 is 0 Å². The fourth-order valence-electron chi connectivity index (χ4n) is 2.00. The van der Waals surface area contributed by atoms with Gasteiger partial charge in [-0.2, -0.15) is 0 Å². The Balaban J connectivity index is 1.77. The van der Waals surface area contributed by atoms with Crippen LogP contribution >= 0.6 is 11.6 Å². The van der Waals surface area contributed by atoms with E-state index in [1.54, 1.807) is 6.07 Å². The van der Waals surface area contributed by atoms with Gasteiger partial charge in [0.15, 0.2) is 0 Å². The third-order valence-corrected chi connectivity index (χ3v) is 3.08. The highest BCUT2D eigenvalue weighted by Gasteiger charge is 2.01. The Labute approximate surface area is 115 Å². The Kier molecular flexibility index (Phi) is 3.09. The lowest BCUT2D eigenvalue weighted by atomic mass is 10.1. The maximum atomic E-state index is 5.90. The van der Waals surface area contributed by atoms with E-state index in [4.69, 9.17) is 11.6 Å². The SMILES string of the molecule is Cc1cc(Cl)nc(NCc2ccc3[nH]ccc3c2)n1. The summed E-state index contributed by atoms with van der Waals surface area (Å²) in [6.45, 7) is 2.56. The van der Waals surface area contributed by atoms with E-state index in [-0.39, 0.29) is 0 Å². The number of aryl methyl sites for hydroxylation is 1. The summed E-state index contributed by atoms with van der Waals surface area (Å²) >= 11 is 5.90. The van der Waals surface area contributed by atoms with Gasteiger partial charge in [-0.1, -0.05) is 17.7 Å². The smallest absolute Gasteiger partial charge is 0.224 e. The lowest BCUT2D eigenvalue weighted by Crippen LogP contribution is -2.04. The largest absolute Gasteiger partial charge is 0.361 e. The van der Waals surface area contributed by atoms with Gasteiger partial charge in [-0.05, 0) is 42.1 Å². The highest BCUT2D eigenvalue weighted by atomic mass is 35.5. The van der Waals surface area contributed by atoms with Crippen LogP contribution in [0.4, 0.5) is 5.95 Å². The van der Waals surface area contributed by atoms with Crippen molar-refractivity contribution in [3.63, 3.8) is 0 Å². The molecule has 2 N–H and O–H groups in total. The molecule has 0 spiro atoms. The lowest BCUT2D eigenvalue weighted by molar-refractivity contribution is 1.03. The fraction of sp³-hybridized carbons (Fsp3) is 0.143. The normalized spacial score (nSPS) is 10.8. The fourth-order valence-corrected chi connectivity index (χ4v) is 2.24. The van der Waals surface area contributed by atoms with Crippen molar-refractivity contribution in [3.05, 3.63) is 52.9 Å². The Morgan fingerprint density at radius 2 is 2.11 bits per heavy atom. The van der Waals surface area contributed by atoms with Gasteiger partial charge in [-0.25, -0.2) is 9.97 Å². The number of hydrogen-bond acceptors (Lipinski definition) is 3. The number of aromatic amines is 1. The van der Waals surface area contributed by atoms with Crippen LogP contribution in [-0.4, -0.2) is 15.0 Å². The van der Waals surface area contributed by atoms with Crippen molar-refractivity contribution in [2.45, 2.75) is 13.5 Å². The number of rotatable bonds is 3. The monoisotopic (exact) mass is 272 g/mol. The molecular formula is C14H13ClN4. The molecule has 0 fully saturated rings. The van der Waals surface area contributed by atoms with Crippen molar-refractivity contribution in [2.75, 3.05) is 5.32 Å². The van der Waals surface area contributed by atoms with Crippen LogP contribution in [0.25, 0.3) is 10.9 Å². The first-order valence-corrected chi connectivity index (χ1v) is 6.39. The first-order valence-electron chi connectivity index (χ1n) is 6.02. The number of halogens is 1. The molecule has 0 aliphatic carbocycles. The molecular weight excluding hydrogens is 260 g/mol. The van der Waals surface area contributed by atoms with Gasteiger partial charge < -0.3 is 10.3 Å². The van der Waals surface area contributed by atoms with Gasteiger partial charge in [0.25, 0.3) is 0 Å². The molecule has 2 heterocycles. The molecule has 3 rings (SSSR count). The molecule has 0 bridgehead atoms. The second kappa shape index (κ2) is 4.90. The van der Waals surface area contributed by atoms with Crippen molar-refractivity contribution in [2.24, 2.45) is 0 Å². The topological polar surface area (TPSA) is 53.6 Å². The van der Waals surface area contributed by atoms with E-state index in [0.717, 1.165) is 11.2 Å². The maximum absolute atomic E-state index is 5.90. The number of fused-ring (bicyclic) bond motifs is 1. The second-order valence-corrected chi connectivity index (χ2v) is 4.80. The molecule has 0 saturated heterocycles. The molecule has 0 aliphatic rings. The summed E-state index contributed by atoms with van der Waals surface area (Å²) in [6.07, 6.45) is 1.94. The predicted molar refractivity (Wildman–Crippen MR) is 77.4 cm³/mol. The molecule has 1 aromatic carbocycles. The number of nitrogens with one attached hydrogen (secondary N) is 2. The van der Waals surface area contributed by atoms with Crippen molar-refractivity contribution < 1.29 is 0 Å². The second-order valence-electron chi connectivity index (χ2n) is 4.41. The van der Waals surface area contributed by atoms with Crippen LogP contribution in [0, 0.1) is 6.92 Å². The van der Waals surface area contributed by atoms with Crippen molar-refractivity contribution in [1.29, 1.82) is 0 Å². The van der Waals surface area contributed by atoms with E-state index in [1.165, 1.54) is 10.9 Å². The van der Waals surface area contributed by atoms with Gasteiger partial charge in [0, 0.05) is 24.0 Å². The number of aromatic nitrogens is 3. The Hall–Kier alpha value is -2.07. The Bertz CT molecular complexity index is 700. The summed E-state index contributed by atoms with van der Waals surface area (Å²) in [7, 11) is 0. The van der Waals surface area contributed by atoms with E-state index in [1.807, 2.05) is 13.1 Å². The summed E-state index contributed by atoms with van der Waals surface area (Å²) in [4.78, 5) is 11.6. The predicted octanol–water partition coefficient (Wildman–Crippen LogP) is 3.53. The molecule has 3 aromatic rings. The third kappa shape index (κ3) is 2.69. The van der Waals surface area contributed by atoms with Crippen molar-refractivity contribution in [3.8, 4) is 0 Å². The first-order chi connectivity index (χ1) is 9.20. The van der Waals surface area contributed by atoms with Crippen LogP contribution in [0.2, 0.25) is 5.15 Å². The van der Waals surface area contributed by atoms with Gasteiger partial charge in [0.05, 0.1) is 0 Å². The summed E-state index contributed by atoms with van der Waals surface area (Å²) in [5, 5.41) is 4.83. The maximum Gasteiger partial charge on any atom is 0.224 e. The number of H-pyrrole nitrogens is 1. The van der Waals surface area contributed by atoms with Crippen molar-refractivity contribution in [1.82, 2.24) is 15.0 Å². The molecule has 0 radical (unpaired) electrons. The molecule has 4 nitrogen and oxygen atoms in total. The zero-order valence-corrected chi connectivity index (χ0v) is 11.2. The highest BCUT2D eigenvalue weighted by molar-refractivity contribution is 6.29. The zero-order chi connectivity index (χ0) is 13.2. The van der Waals surface area contributed by atoms with Crippen LogP contribution in [-0.2, 0) is 6.54 Å². The van der Waals surface area contributed by atoms with Crippen LogP contribution in [0.5, 0.6) is 0 Å². The zero-order valence-electron chi connectivity index (χ0n) is 10.4. The van der Waals surface area contributed by atoms with Gasteiger partial charge in [0.2, 0.25) is 5.95 Å². The average Bonchev–Trinajstić information content (AvgIpc) is 2.82. The molecule has 0 atom stereocenters. The number of benzene rings is 1. The number of hydrogen-bond donors (Lipinski definition) is 2. The summed E-state index contributed by atoms with van der Waals surface area (Å²) in [5.74, 6) is 0.555. The molecule has 0 unspecified atom stereocenters. The minimum Gasteiger partial charge on any atom is -0.361 e. The van der Waals surface area contributed by atoms with E-state index in [9.17, 15) is 0 Å². The van der Waals surface area contributed by atoms with Gasteiger partial charge in [-0.15, -0.1) is 0 Å². The summed E-state index contributed by atoms with van der Waals surface area (Å²) < 4.78 is 0. The minimum absolute atomic E-state index is 0.455. The molecule has 0 amide bonds. The molecule has 19 heavy (non-hydrogen) atoms. The van der Waals surface area contributed by atoms with E-state index in [0.29, 0.717) is 17.6 Å². The summed E-state index contributed by atoms with van der Waals surface area (Å²) in [6, 6.07) is 10.1. The Morgan fingerprint density at radius 3 is 2.95 bits per heavy atom. The van der Waals surface area contributed by atoms with E-state index >= 15 is 0 Å². The van der Waals surface area contributed by atoms with Crippen LogP contribution in [0.3, 0.4) is 0 Å². The molecule has 0 aliphatic heterocycles. The first kappa shape index (κ1) is 12.0. The number of nitrogens with zero attached hydrogens (tertiary/aromatic N) is 2. The molecule has 0 saturated carbocycles. The average molecular weight is 273 g/mol. The molecule has 96 valence electrons. The highest BCUT2D eigenvalue weighted by Crippen LogP contribution is 2.15. The van der Waals surface area contributed by atoms with Crippen molar-refractivity contribution >= 4 is 28.5 Å². The van der Waals surface area contributed by atoms with Gasteiger partial charge in [-0.3, -0.25) is 0 Å². The lowest BCUT2D eigenvalue weighted by Gasteiger charge is -2.06. The Morgan fingerprint density at radius 1 is 1.21 bits per heavy atom. The van der Waals surface area contributed by atoms with Gasteiger partial charge in [0.1, 0.15) is 5.15 Å². The van der Waals surface area contributed by atoms with E-state index < -0.39 is 0 Å².